The summed E-state index contributed by atoms with van der Waals surface area (Å²) in [5.74, 6) is 0. The first-order chi connectivity index (χ1) is 8.97. The predicted molar refractivity (Wildman–Crippen MR) is 80.8 cm³/mol. The van der Waals surface area contributed by atoms with E-state index < -0.39 is 0 Å². The molecule has 0 saturated carbocycles. The molecule has 2 rings (SSSR count). The number of hydrogen-bond donors (Lipinski definition) is 1. The van der Waals surface area contributed by atoms with Gasteiger partial charge in [-0.15, -0.1) is 11.3 Å². The van der Waals surface area contributed by atoms with Gasteiger partial charge in [-0.05, 0) is 11.8 Å². The molecule has 1 aromatic rings. The van der Waals surface area contributed by atoms with Crippen LogP contribution in [-0.2, 0) is 0 Å². The molecule has 1 aliphatic heterocycles. The number of aliphatic hydroxyl groups is 1. The molecule has 1 N–H and O–H groups in total. The lowest BCUT2D eigenvalue weighted by Gasteiger charge is -2.36. The minimum absolute atomic E-state index is 0.0112. The average Bonchev–Trinajstić information content (AvgIpc) is 2.89. The van der Waals surface area contributed by atoms with E-state index in [2.05, 4.69) is 35.6 Å². The van der Waals surface area contributed by atoms with Gasteiger partial charge in [0.1, 0.15) is 0 Å². The molecule has 1 aliphatic rings. The van der Waals surface area contributed by atoms with Crippen molar-refractivity contribution in [2.24, 2.45) is 5.41 Å². The Hall–Kier alpha value is -0.650. The molecule has 1 fully saturated rings. The second-order valence-corrected chi connectivity index (χ2v) is 7.19. The summed E-state index contributed by atoms with van der Waals surface area (Å²) in [6.45, 7) is 11.5. The van der Waals surface area contributed by atoms with Crippen LogP contribution < -0.4 is 4.90 Å². The van der Waals surface area contributed by atoms with Crippen molar-refractivity contribution >= 4 is 16.5 Å². The van der Waals surface area contributed by atoms with Crippen LogP contribution >= 0.6 is 11.3 Å². The highest BCUT2D eigenvalue weighted by atomic mass is 32.1. The van der Waals surface area contributed by atoms with Gasteiger partial charge in [0.25, 0.3) is 0 Å². The third-order valence-corrected chi connectivity index (χ3v) is 4.61. The van der Waals surface area contributed by atoms with E-state index in [1.807, 2.05) is 11.6 Å². The second kappa shape index (κ2) is 6.20. The van der Waals surface area contributed by atoms with E-state index >= 15 is 0 Å². The first kappa shape index (κ1) is 14.8. The van der Waals surface area contributed by atoms with E-state index in [4.69, 9.17) is 0 Å². The van der Waals surface area contributed by atoms with Crippen LogP contribution in [0.4, 0.5) is 5.13 Å². The number of hydrogen-bond acceptors (Lipinski definition) is 5. The Balaban J connectivity index is 1.72. The number of aliphatic hydroxyl groups excluding tert-OH is 1. The quantitative estimate of drug-likeness (QED) is 0.918. The van der Waals surface area contributed by atoms with Gasteiger partial charge in [-0.3, -0.25) is 4.90 Å². The molecular weight excluding hydrogens is 258 g/mol. The van der Waals surface area contributed by atoms with E-state index in [0.29, 0.717) is 0 Å². The maximum atomic E-state index is 10.1. The Morgan fingerprint density at radius 1 is 1.32 bits per heavy atom. The fourth-order valence-electron chi connectivity index (χ4n) is 2.27. The summed E-state index contributed by atoms with van der Waals surface area (Å²) in [7, 11) is 0. The molecule has 0 radical (unpaired) electrons. The van der Waals surface area contributed by atoms with E-state index in [-0.39, 0.29) is 11.5 Å². The van der Waals surface area contributed by atoms with Gasteiger partial charge in [-0.1, -0.05) is 20.8 Å². The van der Waals surface area contributed by atoms with Crippen molar-refractivity contribution in [2.45, 2.75) is 33.3 Å². The van der Waals surface area contributed by atoms with Crippen molar-refractivity contribution < 1.29 is 5.11 Å². The average molecular weight is 283 g/mol. The van der Waals surface area contributed by atoms with Gasteiger partial charge in [-0.25, -0.2) is 4.98 Å². The molecule has 1 unspecified atom stereocenters. The van der Waals surface area contributed by atoms with Crippen molar-refractivity contribution in [2.75, 3.05) is 37.6 Å². The van der Waals surface area contributed by atoms with Gasteiger partial charge in [0.05, 0.1) is 6.10 Å². The zero-order chi connectivity index (χ0) is 13.9. The highest BCUT2D eigenvalue weighted by molar-refractivity contribution is 7.13. The summed E-state index contributed by atoms with van der Waals surface area (Å²) < 4.78 is 0. The van der Waals surface area contributed by atoms with Gasteiger partial charge < -0.3 is 10.0 Å². The molecule has 0 aromatic carbocycles. The van der Waals surface area contributed by atoms with Gasteiger partial charge in [-0.2, -0.15) is 0 Å². The van der Waals surface area contributed by atoms with Crippen LogP contribution in [-0.4, -0.2) is 53.8 Å². The van der Waals surface area contributed by atoms with E-state index in [1.54, 1.807) is 11.3 Å². The fraction of sp³-hybridized carbons (Fsp3) is 0.786. The lowest BCUT2D eigenvalue weighted by atomic mass is 9.87. The number of piperazine rings is 1. The number of aromatic nitrogens is 1. The molecule has 108 valence electrons. The first-order valence-electron chi connectivity index (χ1n) is 7.01. The lowest BCUT2D eigenvalue weighted by molar-refractivity contribution is 0.0450. The molecule has 0 amide bonds. The Kier molecular flexibility index (Phi) is 4.81. The number of anilines is 1. The number of thiazole rings is 1. The maximum absolute atomic E-state index is 10.1. The maximum Gasteiger partial charge on any atom is 0.185 e. The monoisotopic (exact) mass is 283 g/mol. The Bertz CT molecular complexity index is 367. The van der Waals surface area contributed by atoms with Crippen molar-refractivity contribution in [1.82, 2.24) is 9.88 Å². The van der Waals surface area contributed by atoms with Crippen LogP contribution in [0.15, 0.2) is 11.6 Å². The summed E-state index contributed by atoms with van der Waals surface area (Å²) >= 11 is 1.71. The molecule has 1 saturated heterocycles. The molecule has 4 nitrogen and oxygen atoms in total. The van der Waals surface area contributed by atoms with Crippen molar-refractivity contribution in [3.63, 3.8) is 0 Å². The number of rotatable bonds is 4. The smallest absolute Gasteiger partial charge is 0.185 e. The first-order valence-corrected chi connectivity index (χ1v) is 7.89. The molecule has 0 aliphatic carbocycles. The van der Waals surface area contributed by atoms with Crippen LogP contribution in [0.5, 0.6) is 0 Å². The standard InChI is InChI=1S/C14H25N3OS/c1-14(2,3)12(18)4-6-16-7-9-17(10-8-16)13-15-5-11-19-13/h5,11-12,18H,4,6-10H2,1-3H3. The normalized spacial score (nSPS) is 19.7. The minimum atomic E-state index is -0.218. The third-order valence-electron chi connectivity index (χ3n) is 3.78. The summed E-state index contributed by atoms with van der Waals surface area (Å²) in [4.78, 5) is 9.15. The van der Waals surface area contributed by atoms with Crippen LogP contribution in [0.25, 0.3) is 0 Å². The fourth-order valence-corrected chi connectivity index (χ4v) is 2.97. The molecule has 19 heavy (non-hydrogen) atoms. The number of nitrogens with zero attached hydrogens (tertiary/aromatic N) is 3. The van der Waals surface area contributed by atoms with Gasteiger partial charge >= 0.3 is 0 Å². The van der Waals surface area contributed by atoms with E-state index in [9.17, 15) is 5.11 Å². The van der Waals surface area contributed by atoms with Crippen molar-refractivity contribution in [3.05, 3.63) is 11.6 Å². The van der Waals surface area contributed by atoms with Crippen molar-refractivity contribution in [3.8, 4) is 0 Å². The van der Waals surface area contributed by atoms with Gasteiger partial charge in [0.15, 0.2) is 5.13 Å². The highest BCUT2D eigenvalue weighted by Gasteiger charge is 2.24. The molecule has 2 heterocycles. The van der Waals surface area contributed by atoms with Crippen LogP contribution in [0, 0.1) is 5.41 Å². The SMILES string of the molecule is CC(C)(C)C(O)CCN1CCN(c2nccs2)CC1. The Labute approximate surface area is 120 Å². The summed E-state index contributed by atoms with van der Waals surface area (Å²) in [6.07, 6.45) is 2.51. The van der Waals surface area contributed by atoms with Crippen LogP contribution in [0.3, 0.4) is 0 Å². The topological polar surface area (TPSA) is 39.6 Å². The molecular formula is C14H25N3OS. The summed E-state index contributed by atoms with van der Waals surface area (Å²) in [6, 6.07) is 0. The van der Waals surface area contributed by atoms with Crippen LogP contribution in [0.2, 0.25) is 0 Å². The molecule has 0 bridgehead atoms. The van der Waals surface area contributed by atoms with E-state index in [0.717, 1.165) is 44.3 Å². The zero-order valence-corrected chi connectivity index (χ0v) is 13.0. The molecule has 5 heteroatoms. The van der Waals surface area contributed by atoms with Gasteiger partial charge in [0.2, 0.25) is 0 Å². The van der Waals surface area contributed by atoms with Crippen molar-refractivity contribution in [1.29, 1.82) is 0 Å². The Morgan fingerprint density at radius 3 is 2.53 bits per heavy atom. The lowest BCUT2D eigenvalue weighted by Crippen LogP contribution is -2.47. The minimum Gasteiger partial charge on any atom is -0.393 e. The summed E-state index contributed by atoms with van der Waals surface area (Å²) in [5, 5.41) is 13.2. The second-order valence-electron chi connectivity index (χ2n) is 6.31. The summed E-state index contributed by atoms with van der Waals surface area (Å²) in [5.41, 5.74) is -0.0112. The van der Waals surface area contributed by atoms with E-state index in [1.165, 1.54) is 0 Å². The molecule has 1 atom stereocenters. The zero-order valence-electron chi connectivity index (χ0n) is 12.2. The predicted octanol–water partition coefficient (Wildman–Crippen LogP) is 2.06. The van der Waals surface area contributed by atoms with Gasteiger partial charge in [0, 0.05) is 44.3 Å². The largest absolute Gasteiger partial charge is 0.393 e. The van der Waals surface area contributed by atoms with Crippen LogP contribution in [0.1, 0.15) is 27.2 Å². The Morgan fingerprint density at radius 2 is 2.00 bits per heavy atom. The molecule has 1 aromatic heterocycles. The highest BCUT2D eigenvalue weighted by Crippen LogP contribution is 2.22. The molecule has 0 spiro atoms. The third kappa shape index (κ3) is 4.16.